The Kier molecular flexibility index (Phi) is 7.05. The molecular weight excluding hydrogens is 380 g/mol. The predicted octanol–water partition coefficient (Wildman–Crippen LogP) is 4.73. The van der Waals surface area contributed by atoms with E-state index in [2.05, 4.69) is 10.6 Å². The van der Waals surface area contributed by atoms with Crippen molar-refractivity contribution in [2.24, 2.45) is 0 Å². The Morgan fingerprint density at radius 3 is 2.33 bits per heavy atom. The number of benzene rings is 3. The van der Waals surface area contributed by atoms with Crippen LogP contribution in [0.15, 0.2) is 72.8 Å². The fourth-order valence-corrected chi connectivity index (χ4v) is 3.00. The molecule has 6 heteroatoms. The van der Waals surface area contributed by atoms with Gasteiger partial charge >= 0.3 is 0 Å². The van der Waals surface area contributed by atoms with Crippen LogP contribution in [0.5, 0.6) is 11.5 Å². The molecule has 3 aromatic rings. The van der Waals surface area contributed by atoms with Gasteiger partial charge in [0.05, 0.1) is 25.8 Å². The molecule has 0 saturated carbocycles. The molecule has 3 aromatic carbocycles. The van der Waals surface area contributed by atoms with Gasteiger partial charge in [0.2, 0.25) is 11.8 Å². The molecule has 0 aliphatic rings. The fraction of sp³-hybridized carbons (Fsp3) is 0.167. The van der Waals surface area contributed by atoms with E-state index in [1.54, 1.807) is 18.2 Å². The van der Waals surface area contributed by atoms with Crippen molar-refractivity contribution >= 4 is 23.2 Å². The van der Waals surface area contributed by atoms with E-state index >= 15 is 0 Å². The number of rotatable bonds is 8. The summed E-state index contributed by atoms with van der Waals surface area (Å²) in [5.41, 5.74) is 3.09. The van der Waals surface area contributed by atoms with Crippen molar-refractivity contribution in [2.45, 2.75) is 13.3 Å². The Morgan fingerprint density at radius 2 is 1.60 bits per heavy atom. The molecule has 6 nitrogen and oxygen atoms in total. The van der Waals surface area contributed by atoms with Crippen molar-refractivity contribution in [3.63, 3.8) is 0 Å². The lowest BCUT2D eigenvalue weighted by Gasteiger charge is -2.14. The molecule has 154 valence electrons. The average molecular weight is 404 g/mol. The van der Waals surface area contributed by atoms with Crippen LogP contribution >= 0.6 is 0 Å². The number of hydrogen-bond donors (Lipinski definition) is 2. The molecule has 0 bridgehead atoms. The highest BCUT2D eigenvalue weighted by Gasteiger charge is 2.11. The summed E-state index contributed by atoms with van der Waals surface area (Å²) in [7, 11) is 1.52. The van der Waals surface area contributed by atoms with Crippen molar-refractivity contribution in [2.75, 3.05) is 24.4 Å². The first-order valence-electron chi connectivity index (χ1n) is 9.59. The summed E-state index contributed by atoms with van der Waals surface area (Å²) >= 11 is 0. The van der Waals surface area contributed by atoms with Crippen LogP contribution in [0.3, 0.4) is 0 Å². The predicted molar refractivity (Wildman–Crippen MR) is 118 cm³/mol. The molecule has 2 amide bonds. The van der Waals surface area contributed by atoms with Crippen LogP contribution in [0.2, 0.25) is 0 Å². The minimum Gasteiger partial charge on any atom is -0.495 e. The van der Waals surface area contributed by atoms with Crippen molar-refractivity contribution < 1.29 is 19.1 Å². The summed E-state index contributed by atoms with van der Waals surface area (Å²) < 4.78 is 11.2. The van der Waals surface area contributed by atoms with E-state index < -0.39 is 0 Å². The third kappa shape index (κ3) is 5.61. The van der Waals surface area contributed by atoms with Gasteiger partial charge in [-0.1, -0.05) is 48.5 Å². The highest BCUT2D eigenvalue weighted by atomic mass is 16.5. The molecule has 0 aromatic heterocycles. The molecular formula is C24H24N2O4. The number of hydrogen-bond acceptors (Lipinski definition) is 4. The van der Waals surface area contributed by atoms with E-state index in [4.69, 9.17) is 9.47 Å². The van der Waals surface area contributed by atoms with Gasteiger partial charge in [0.15, 0.2) is 0 Å². The quantitative estimate of drug-likeness (QED) is 0.569. The van der Waals surface area contributed by atoms with E-state index in [0.717, 1.165) is 16.9 Å². The van der Waals surface area contributed by atoms with Crippen molar-refractivity contribution in [3.8, 4) is 22.6 Å². The number of ether oxygens (including phenoxy) is 2. The molecule has 0 atom stereocenters. The van der Waals surface area contributed by atoms with E-state index in [1.165, 1.54) is 14.0 Å². The van der Waals surface area contributed by atoms with Crippen LogP contribution in [-0.4, -0.2) is 25.5 Å². The Balaban J connectivity index is 1.62. The van der Waals surface area contributed by atoms with Crippen molar-refractivity contribution in [3.05, 3.63) is 72.8 Å². The van der Waals surface area contributed by atoms with Gasteiger partial charge in [0, 0.05) is 18.2 Å². The molecule has 0 heterocycles. The molecule has 0 aliphatic carbocycles. The summed E-state index contributed by atoms with van der Waals surface area (Å²) in [5, 5.41) is 5.50. The molecule has 0 unspecified atom stereocenters. The summed E-state index contributed by atoms with van der Waals surface area (Å²) in [5.74, 6) is 0.822. The molecule has 3 rings (SSSR count). The zero-order valence-electron chi connectivity index (χ0n) is 17.0. The maximum Gasteiger partial charge on any atom is 0.227 e. The Hall–Kier alpha value is -3.80. The first kappa shape index (κ1) is 20.9. The second kappa shape index (κ2) is 10.1. The number of carbonyl (C=O) groups is 2. The maximum absolute atomic E-state index is 12.4. The SMILES string of the molecule is COc1ccc(NC(C)=O)cc1NC(=O)CCOc1ccccc1-c1ccccc1. The number of carbonyl (C=O) groups excluding carboxylic acids is 2. The fourth-order valence-electron chi connectivity index (χ4n) is 3.00. The normalized spacial score (nSPS) is 10.2. The lowest BCUT2D eigenvalue weighted by Crippen LogP contribution is -2.16. The maximum atomic E-state index is 12.4. The van der Waals surface area contributed by atoms with Gasteiger partial charge < -0.3 is 20.1 Å². The second-order valence-electron chi connectivity index (χ2n) is 6.61. The lowest BCUT2D eigenvalue weighted by molar-refractivity contribution is -0.116. The van der Waals surface area contributed by atoms with Crippen LogP contribution in [0.25, 0.3) is 11.1 Å². The van der Waals surface area contributed by atoms with Gasteiger partial charge in [-0.3, -0.25) is 9.59 Å². The summed E-state index contributed by atoms with van der Waals surface area (Å²) in [6, 6.07) is 22.7. The molecule has 0 aliphatic heterocycles. The Labute approximate surface area is 175 Å². The lowest BCUT2D eigenvalue weighted by atomic mass is 10.1. The minimum atomic E-state index is -0.217. The van der Waals surface area contributed by atoms with Gasteiger partial charge in [-0.25, -0.2) is 0 Å². The van der Waals surface area contributed by atoms with Crippen molar-refractivity contribution in [1.82, 2.24) is 0 Å². The number of anilines is 2. The van der Waals surface area contributed by atoms with Gasteiger partial charge in [0.1, 0.15) is 11.5 Å². The summed E-state index contributed by atoms with van der Waals surface area (Å²) in [6.07, 6.45) is 0.163. The number of amides is 2. The van der Waals surface area contributed by atoms with Gasteiger partial charge in [-0.05, 0) is 29.8 Å². The van der Waals surface area contributed by atoms with E-state index in [0.29, 0.717) is 17.1 Å². The standard InChI is InChI=1S/C24H24N2O4/c1-17(27)25-19-12-13-23(29-2)21(16-19)26-24(28)14-15-30-22-11-7-6-10-20(22)18-8-4-3-5-9-18/h3-13,16H,14-15H2,1-2H3,(H,25,27)(H,26,28). The van der Waals surface area contributed by atoms with Crippen LogP contribution in [-0.2, 0) is 9.59 Å². The van der Waals surface area contributed by atoms with Crippen LogP contribution in [0.4, 0.5) is 11.4 Å². The topological polar surface area (TPSA) is 76.7 Å². The zero-order chi connectivity index (χ0) is 21.3. The van der Waals surface area contributed by atoms with E-state index in [1.807, 2.05) is 54.6 Å². The Bertz CT molecular complexity index is 1020. The number of nitrogens with one attached hydrogen (secondary N) is 2. The summed E-state index contributed by atoms with van der Waals surface area (Å²) in [6.45, 7) is 1.65. The summed E-state index contributed by atoms with van der Waals surface area (Å²) in [4.78, 5) is 23.7. The van der Waals surface area contributed by atoms with E-state index in [9.17, 15) is 9.59 Å². The molecule has 30 heavy (non-hydrogen) atoms. The average Bonchev–Trinajstić information content (AvgIpc) is 2.74. The Morgan fingerprint density at radius 1 is 0.867 bits per heavy atom. The first-order valence-corrected chi connectivity index (χ1v) is 9.59. The third-order valence-corrected chi connectivity index (χ3v) is 4.35. The minimum absolute atomic E-state index is 0.163. The first-order chi connectivity index (χ1) is 14.6. The van der Waals surface area contributed by atoms with Crippen LogP contribution in [0, 0.1) is 0 Å². The monoisotopic (exact) mass is 404 g/mol. The number of methoxy groups -OCH3 is 1. The van der Waals surface area contributed by atoms with Crippen LogP contribution < -0.4 is 20.1 Å². The smallest absolute Gasteiger partial charge is 0.227 e. The van der Waals surface area contributed by atoms with Gasteiger partial charge in [-0.2, -0.15) is 0 Å². The third-order valence-electron chi connectivity index (χ3n) is 4.35. The van der Waals surface area contributed by atoms with E-state index in [-0.39, 0.29) is 24.8 Å². The largest absolute Gasteiger partial charge is 0.495 e. The molecule has 0 radical (unpaired) electrons. The van der Waals surface area contributed by atoms with Gasteiger partial charge in [-0.15, -0.1) is 0 Å². The van der Waals surface area contributed by atoms with Crippen LogP contribution in [0.1, 0.15) is 13.3 Å². The molecule has 0 spiro atoms. The highest BCUT2D eigenvalue weighted by Crippen LogP contribution is 2.30. The molecule has 0 fully saturated rings. The second-order valence-corrected chi connectivity index (χ2v) is 6.61. The molecule has 2 N–H and O–H groups in total. The van der Waals surface area contributed by atoms with Gasteiger partial charge in [0.25, 0.3) is 0 Å². The van der Waals surface area contributed by atoms with Crippen molar-refractivity contribution in [1.29, 1.82) is 0 Å². The number of para-hydroxylation sites is 1. The zero-order valence-corrected chi connectivity index (χ0v) is 17.0. The molecule has 0 saturated heterocycles. The highest BCUT2D eigenvalue weighted by molar-refractivity contribution is 5.95.